The molecule has 0 amide bonds. The monoisotopic (exact) mass is 236 g/mol. The quantitative estimate of drug-likeness (QED) is 0.818. The molecule has 0 fully saturated rings. The van der Waals surface area contributed by atoms with Crippen molar-refractivity contribution in [2.24, 2.45) is 0 Å². The molecular formula is C9H7F3O2S. The minimum atomic E-state index is -4.84. The highest BCUT2D eigenvalue weighted by Crippen LogP contribution is 2.21. The third kappa shape index (κ3) is 3.39. The summed E-state index contributed by atoms with van der Waals surface area (Å²) < 4.78 is 35.4. The van der Waals surface area contributed by atoms with Crippen LogP contribution in [0.5, 0.6) is 0 Å². The van der Waals surface area contributed by atoms with E-state index in [1.54, 1.807) is 17.5 Å². The molecule has 0 aliphatic rings. The number of allylic oxidation sites excluding steroid dienone is 1. The van der Waals surface area contributed by atoms with Crippen molar-refractivity contribution in [3.05, 3.63) is 28.5 Å². The number of halogens is 3. The van der Waals surface area contributed by atoms with Crippen molar-refractivity contribution < 1.29 is 23.1 Å². The number of rotatable bonds is 3. The fourth-order valence-corrected chi connectivity index (χ4v) is 1.49. The Morgan fingerprint density at radius 3 is 2.67 bits per heavy atom. The van der Waals surface area contributed by atoms with Crippen LogP contribution in [-0.4, -0.2) is 17.1 Å². The molecule has 1 rings (SSSR count). The zero-order chi connectivity index (χ0) is 11.5. The minimum absolute atomic E-state index is 0.303. The first-order valence-corrected chi connectivity index (χ1v) is 4.82. The third-order valence-electron chi connectivity index (χ3n) is 1.57. The molecular weight excluding hydrogens is 229 g/mol. The second-order valence-corrected chi connectivity index (χ2v) is 3.64. The Hall–Kier alpha value is -1.30. The van der Waals surface area contributed by atoms with Gasteiger partial charge in [0.05, 0.1) is 4.88 Å². The summed E-state index contributed by atoms with van der Waals surface area (Å²) in [5, 5.41) is 10.9. The van der Waals surface area contributed by atoms with E-state index in [9.17, 15) is 23.1 Å². The van der Waals surface area contributed by atoms with Gasteiger partial charge >= 0.3 is 6.18 Å². The average Bonchev–Trinajstić information content (AvgIpc) is 2.64. The van der Waals surface area contributed by atoms with E-state index in [0.717, 1.165) is 6.08 Å². The van der Waals surface area contributed by atoms with Crippen molar-refractivity contribution >= 4 is 22.9 Å². The summed E-state index contributed by atoms with van der Waals surface area (Å²) in [6.45, 7) is 0. The maximum atomic E-state index is 11.8. The van der Waals surface area contributed by atoms with Gasteiger partial charge in [-0.25, -0.2) is 0 Å². The first-order chi connectivity index (χ1) is 6.91. The van der Waals surface area contributed by atoms with Gasteiger partial charge in [-0.3, -0.25) is 4.79 Å². The molecule has 0 unspecified atom stereocenters. The smallest absolute Gasteiger partial charge is 0.450 e. The fourth-order valence-electron chi connectivity index (χ4n) is 0.830. The third-order valence-corrected chi connectivity index (χ3v) is 2.46. The zero-order valence-electron chi connectivity index (χ0n) is 7.41. The molecule has 0 atom stereocenters. The van der Waals surface area contributed by atoms with E-state index in [2.05, 4.69) is 0 Å². The lowest BCUT2D eigenvalue weighted by Gasteiger charge is -2.01. The number of ketones is 1. The van der Waals surface area contributed by atoms with Crippen LogP contribution >= 0.6 is 11.3 Å². The van der Waals surface area contributed by atoms with Gasteiger partial charge in [-0.05, 0) is 17.5 Å². The van der Waals surface area contributed by atoms with Crippen molar-refractivity contribution in [2.45, 2.75) is 12.6 Å². The maximum Gasteiger partial charge on any atom is 0.450 e. The molecule has 1 N–H and O–H groups in total. The molecule has 15 heavy (non-hydrogen) atoms. The van der Waals surface area contributed by atoms with E-state index in [4.69, 9.17) is 0 Å². The summed E-state index contributed by atoms with van der Waals surface area (Å²) in [6, 6.07) is 3.20. The molecule has 0 aliphatic carbocycles. The molecule has 1 heterocycles. The number of carbonyl (C=O) groups is 1. The van der Waals surface area contributed by atoms with E-state index in [1.165, 1.54) is 11.3 Å². The SMILES string of the molecule is O=C(C/C=C(\O)c1cccs1)C(F)(F)F. The first kappa shape index (κ1) is 11.8. The molecule has 2 nitrogen and oxygen atoms in total. The predicted octanol–water partition coefficient (Wildman–Crippen LogP) is 3.17. The van der Waals surface area contributed by atoms with Gasteiger partial charge in [-0.15, -0.1) is 11.3 Å². The molecule has 0 aliphatic heterocycles. The van der Waals surface area contributed by atoms with Crippen LogP contribution in [-0.2, 0) is 4.79 Å². The maximum absolute atomic E-state index is 11.8. The van der Waals surface area contributed by atoms with Crippen molar-refractivity contribution in [3.63, 3.8) is 0 Å². The lowest BCUT2D eigenvalue weighted by Crippen LogP contribution is -2.21. The van der Waals surface area contributed by atoms with Gasteiger partial charge < -0.3 is 5.11 Å². The van der Waals surface area contributed by atoms with Gasteiger partial charge in [0, 0.05) is 6.42 Å². The molecule has 1 aromatic rings. The Labute approximate surface area is 87.7 Å². The number of hydrogen-bond donors (Lipinski definition) is 1. The molecule has 0 bridgehead atoms. The van der Waals surface area contributed by atoms with Crippen molar-refractivity contribution in [1.82, 2.24) is 0 Å². The average molecular weight is 236 g/mol. The van der Waals surface area contributed by atoms with Crippen molar-refractivity contribution in [3.8, 4) is 0 Å². The molecule has 6 heteroatoms. The summed E-state index contributed by atoms with van der Waals surface area (Å²) in [5.74, 6) is -2.17. The number of alkyl halides is 3. The van der Waals surface area contributed by atoms with Gasteiger partial charge in [0.15, 0.2) is 0 Å². The topological polar surface area (TPSA) is 37.3 Å². The standard InChI is InChI=1S/C9H7F3O2S/c10-9(11,12)8(14)4-3-6(13)7-2-1-5-15-7/h1-3,5,13H,4H2/b6-3-. The zero-order valence-corrected chi connectivity index (χ0v) is 8.23. The van der Waals surface area contributed by atoms with Crippen LogP contribution in [0.2, 0.25) is 0 Å². The fraction of sp³-hybridized carbons (Fsp3) is 0.222. The molecule has 0 spiro atoms. The Kier molecular flexibility index (Phi) is 3.52. The number of aliphatic hydroxyl groups is 1. The van der Waals surface area contributed by atoms with Crippen LogP contribution in [0.15, 0.2) is 23.6 Å². The summed E-state index contributed by atoms with van der Waals surface area (Å²) in [5.41, 5.74) is 0. The summed E-state index contributed by atoms with van der Waals surface area (Å²) in [6.07, 6.45) is -4.82. The Balaban J connectivity index is 2.63. The normalized spacial score (nSPS) is 12.9. The number of thiophene rings is 1. The Bertz CT molecular complexity index is 365. The van der Waals surface area contributed by atoms with Crippen LogP contribution in [0.25, 0.3) is 5.76 Å². The second-order valence-electron chi connectivity index (χ2n) is 2.69. The van der Waals surface area contributed by atoms with Crippen LogP contribution in [0, 0.1) is 0 Å². The van der Waals surface area contributed by atoms with Crippen molar-refractivity contribution in [1.29, 1.82) is 0 Å². The van der Waals surface area contributed by atoms with Gasteiger partial charge in [0.2, 0.25) is 5.78 Å². The second kappa shape index (κ2) is 4.48. The molecule has 0 saturated carbocycles. The first-order valence-electron chi connectivity index (χ1n) is 3.94. The number of aliphatic hydroxyl groups excluding tert-OH is 1. The molecule has 1 aromatic heterocycles. The van der Waals surface area contributed by atoms with E-state index >= 15 is 0 Å². The highest BCUT2D eigenvalue weighted by molar-refractivity contribution is 7.11. The van der Waals surface area contributed by atoms with E-state index in [-0.39, 0.29) is 5.76 Å². The largest absolute Gasteiger partial charge is 0.507 e. The van der Waals surface area contributed by atoms with E-state index < -0.39 is 18.4 Å². The summed E-state index contributed by atoms with van der Waals surface area (Å²) >= 11 is 1.18. The predicted molar refractivity (Wildman–Crippen MR) is 50.6 cm³/mol. The molecule has 82 valence electrons. The van der Waals surface area contributed by atoms with Crippen LogP contribution in [0.4, 0.5) is 13.2 Å². The molecule has 0 radical (unpaired) electrons. The van der Waals surface area contributed by atoms with Crippen LogP contribution in [0.1, 0.15) is 11.3 Å². The van der Waals surface area contributed by atoms with Gasteiger partial charge in [0.25, 0.3) is 0 Å². The Morgan fingerprint density at radius 2 is 2.20 bits per heavy atom. The lowest BCUT2D eigenvalue weighted by molar-refractivity contribution is -0.170. The minimum Gasteiger partial charge on any atom is -0.507 e. The number of carbonyl (C=O) groups excluding carboxylic acids is 1. The van der Waals surface area contributed by atoms with Gasteiger partial charge in [-0.2, -0.15) is 13.2 Å². The summed E-state index contributed by atoms with van der Waals surface area (Å²) in [7, 11) is 0. The van der Waals surface area contributed by atoms with Crippen molar-refractivity contribution in [2.75, 3.05) is 0 Å². The van der Waals surface area contributed by atoms with Gasteiger partial charge in [0.1, 0.15) is 5.76 Å². The molecule has 0 aromatic carbocycles. The van der Waals surface area contributed by atoms with Crippen LogP contribution in [0.3, 0.4) is 0 Å². The molecule has 0 saturated heterocycles. The van der Waals surface area contributed by atoms with Gasteiger partial charge in [-0.1, -0.05) is 6.07 Å². The Morgan fingerprint density at radius 1 is 1.53 bits per heavy atom. The van der Waals surface area contributed by atoms with E-state index in [0.29, 0.717) is 4.88 Å². The van der Waals surface area contributed by atoms with Crippen LogP contribution < -0.4 is 0 Å². The summed E-state index contributed by atoms with van der Waals surface area (Å²) in [4.78, 5) is 10.9. The van der Waals surface area contributed by atoms with E-state index in [1.807, 2.05) is 0 Å². The number of hydrogen-bond acceptors (Lipinski definition) is 3. The number of Topliss-reactive ketones (excluding diaryl/α,β-unsaturated/α-hetero) is 1. The highest BCUT2D eigenvalue weighted by atomic mass is 32.1. The highest BCUT2D eigenvalue weighted by Gasteiger charge is 2.36. The lowest BCUT2D eigenvalue weighted by atomic mass is 10.2.